The van der Waals surface area contributed by atoms with E-state index < -0.39 is 0 Å². The first-order chi connectivity index (χ1) is 12.4. The van der Waals surface area contributed by atoms with Gasteiger partial charge in [0.2, 0.25) is 0 Å². The molecule has 2 heterocycles. The van der Waals surface area contributed by atoms with Gasteiger partial charge in [0.05, 0.1) is 7.11 Å². The Bertz CT molecular complexity index is 805. The number of nitrogen functional groups attached to an aromatic ring is 1. The second-order valence-electron chi connectivity index (χ2n) is 7.39. The Morgan fingerprint density at radius 2 is 1.96 bits per heavy atom. The summed E-state index contributed by atoms with van der Waals surface area (Å²) in [6, 6.07) is 6.33. The van der Waals surface area contributed by atoms with Crippen LogP contribution in [0.1, 0.15) is 46.1 Å². The minimum absolute atomic E-state index is 0.356. The molecule has 0 atom stereocenters. The van der Waals surface area contributed by atoms with Crippen LogP contribution in [0, 0.1) is 19.8 Å². The number of ether oxygens (including phenoxy) is 1. The molecule has 4 nitrogen and oxygen atoms in total. The zero-order valence-electron chi connectivity index (χ0n) is 16.1. The van der Waals surface area contributed by atoms with Crippen LogP contribution < -0.4 is 5.73 Å². The number of nitrogens with two attached hydrogens (primary N) is 1. The molecular formula is C21H28N2O2S. The minimum atomic E-state index is -0.356. The fraction of sp³-hybridized carbons (Fsp3) is 0.476. The molecule has 26 heavy (non-hydrogen) atoms. The molecule has 2 N–H and O–H groups in total. The molecule has 5 heteroatoms. The Hall–Kier alpha value is -1.85. The fourth-order valence-corrected chi connectivity index (χ4v) is 4.66. The van der Waals surface area contributed by atoms with Crippen molar-refractivity contribution >= 4 is 22.3 Å². The lowest BCUT2D eigenvalue weighted by Crippen LogP contribution is -2.32. The van der Waals surface area contributed by atoms with Gasteiger partial charge in [-0.15, -0.1) is 11.3 Å². The smallest absolute Gasteiger partial charge is 0.341 e. The molecule has 3 rings (SSSR count). The zero-order chi connectivity index (χ0) is 18.8. The standard InChI is InChI=1S/C21H28N2O2S/c1-13-7-9-23(10-8-13)12-17-18(16-6-5-14(2)15(3)11-16)19(20(22)26-17)21(24)25-4/h5-6,11,13H,7-10,12,22H2,1-4H3. The van der Waals surface area contributed by atoms with Crippen LogP contribution in [0.25, 0.3) is 11.1 Å². The lowest BCUT2D eigenvalue weighted by molar-refractivity contribution is 0.0603. The largest absolute Gasteiger partial charge is 0.465 e. The van der Waals surface area contributed by atoms with Gasteiger partial charge in [-0.3, -0.25) is 4.90 Å². The number of rotatable bonds is 4. The summed E-state index contributed by atoms with van der Waals surface area (Å²) in [7, 11) is 1.41. The molecule has 0 saturated carbocycles. The Labute approximate surface area is 160 Å². The Balaban J connectivity index is 2.03. The number of esters is 1. The van der Waals surface area contributed by atoms with Gasteiger partial charge in [-0.25, -0.2) is 4.79 Å². The van der Waals surface area contributed by atoms with E-state index in [2.05, 4.69) is 43.9 Å². The second kappa shape index (κ2) is 7.80. The van der Waals surface area contributed by atoms with E-state index in [-0.39, 0.29) is 5.97 Å². The van der Waals surface area contributed by atoms with Crippen molar-refractivity contribution in [3.05, 3.63) is 39.8 Å². The van der Waals surface area contributed by atoms with Crippen molar-refractivity contribution in [1.82, 2.24) is 4.90 Å². The number of piperidine rings is 1. The Morgan fingerprint density at radius 3 is 2.58 bits per heavy atom. The highest BCUT2D eigenvalue weighted by Gasteiger charge is 2.26. The van der Waals surface area contributed by atoms with Crippen LogP contribution in [0.15, 0.2) is 18.2 Å². The molecule has 0 unspecified atom stereocenters. The van der Waals surface area contributed by atoms with Crippen molar-refractivity contribution < 1.29 is 9.53 Å². The molecule has 1 saturated heterocycles. The molecule has 1 fully saturated rings. The number of carbonyl (C=O) groups is 1. The Kier molecular flexibility index (Phi) is 5.68. The van der Waals surface area contributed by atoms with Gasteiger partial charge in [-0.05, 0) is 62.4 Å². The highest BCUT2D eigenvalue weighted by molar-refractivity contribution is 7.17. The Morgan fingerprint density at radius 1 is 1.27 bits per heavy atom. The zero-order valence-corrected chi connectivity index (χ0v) is 16.9. The third-order valence-electron chi connectivity index (χ3n) is 5.44. The topological polar surface area (TPSA) is 55.6 Å². The maximum absolute atomic E-state index is 12.4. The van der Waals surface area contributed by atoms with Crippen LogP contribution in [0.3, 0.4) is 0 Å². The van der Waals surface area contributed by atoms with Crippen molar-refractivity contribution in [3.63, 3.8) is 0 Å². The summed E-state index contributed by atoms with van der Waals surface area (Å²) in [4.78, 5) is 16.0. The number of anilines is 1. The van der Waals surface area contributed by atoms with Crippen LogP contribution in [0.2, 0.25) is 0 Å². The van der Waals surface area contributed by atoms with Gasteiger partial charge in [0.1, 0.15) is 10.6 Å². The predicted octanol–water partition coefficient (Wildman–Crippen LogP) is 4.63. The summed E-state index contributed by atoms with van der Waals surface area (Å²) < 4.78 is 5.02. The van der Waals surface area contributed by atoms with E-state index >= 15 is 0 Å². The van der Waals surface area contributed by atoms with Crippen LogP contribution >= 0.6 is 11.3 Å². The van der Waals surface area contributed by atoms with Crippen LogP contribution in [0.4, 0.5) is 5.00 Å². The van der Waals surface area contributed by atoms with Crippen molar-refractivity contribution in [2.24, 2.45) is 5.92 Å². The molecule has 1 aromatic heterocycles. The highest BCUT2D eigenvalue weighted by Crippen LogP contribution is 2.40. The van der Waals surface area contributed by atoms with E-state index in [1.807, 2.05) is 0 Å². The number of hydrogen-bond donors (Lipinski definition) is 1. The molecule has 0 aliphatic carbocycles. The average Bonchev–Trinajstić information content (AvgIpc) is 2.94. The summed E-state index contributed by atoms with van der Waals surface area (Å²) in [5.74, 6) is 0.440. The molecule has 0 spiro atoms. The van der Waals surface area contributed by atoms with Crippen LogP contribution in [-0.2, 0) is 11.3 Å². The second-order valence-corrected chi connectivity index (χ2v) is 8.53. The van der Waals surface area contributed by atoms with Crippen molar-refractivity contribution in [3.8, 4) is 11.1 Å². The van der Waals surface area contributed by atoms with Gasteiger partial charge >= 0.3 is 5.97 Å². The minimum Gasteiger partial charge on any atom is -0.465 e. The van der Waals surface area contributed by atoms with Crippen molar-refractivity contribution in [2.75, 3.05) is 25.9 Å². The van der Waals surface area contributed by atoms with Gasteiger partial charge < -0.3 is 10.5 Å². The van der Waals surface area contributed by atoms with Gasteiger partial charge in [0.15, 0.2) is 0 Å². The normalized spacial score (nSPS) is 16.0. The molecule has 140 valence electrons. The number of aryl methyl sites for hydroxylation is 2. The third-order valence-corrected chi connectivity index (χ3v) is 6.44. The number of hydrogen-bond acceptors (Lipinski definition) is 5. The first-order valence-electron chi connectivity index (χ1n) is 9.20. The van der Waals surface area contributed by atoms with Crippen LogP contribution in [-0.4, -0.2) is 31.1 Å². The molecule has 1 aliphatic heterocycles. The number of likely N-dealkylation sites (tertiary alicyclic amines) is 1. The van der Waals surface area contributed by atoms with Gasteiger partial charge in [0.25, 0.3) is 0 Å². The summed E-state index contributed by atoms with van der Waals surface area (Å²) in [6.45, 7) is 9.53. The lowest BCUT2D eigenvalue weighted by atomic mass is 9.96. The van der Waals surface area contributed by atoms with E-state index in [0.29, 0.717) is 10.6 Å². The SMILES string of the molecule is COC(=O)c1c(N)sc(CN2CCC(C)CC2)c1-c1ccc(C)c(C)c1. The summed E-state index contributed by atoms with van der Waals surface area (Å²) in [5, 5.41) is 0.547. The number of carbonyl (C=O) groups excluding carboxylic acids is 1. The van der Waals surface area contributed by atoms with Crippen LogP contribution in [0.5, 0.6) is 0 Å². The maximum Gasteiger partial charge on any atom is 0.341 e. The maximum atomic E-state index is 12.4. The van der Waals surface area contributed by atoms with E-state index in [9.17, 15) is 4.79 Å². The van der Waals surface area contributed by atoms with Gasteiger partial charge in [-0.2, -0.15) is 0 Å². The molecule has 0 radical (unpaired) electrons. The van der Waals surface area contributed by atoms with E-state index in [1.165, 1.54) is 42.4 Å². The summed E-state index contributed by atoms with van der Waals surface area (Å²) in [6.07, 6.45) is 2.45. The first kappa shape index (κ1) is 18.9. The lowest BCUT2D eigenvalue weighted by Gasteiger charge is -2.30. The quantitative estimate of drug-likeness (QED) is 0.795. The molecule has 1 aromatic carbocycles. The van der Waals surface area contributed by atoms with E-state index in [1.54, 1.807) is 0 Å². The third kappa shape index (κ3) is 3.79. The molecule has 2 aromatic rings. The van der Waals surface area contributed by atoms with Gasteiger partial charge in [-0.1, -0.05) is 25.1 Å². The molecule has 0 amide bonds. The van der Waals surface area contributed by atoms with Crippen molar-refractivity contribution in [1.29, 1.82) is 0 Å². The highest BCUT2D eigenvalue weighted by atomic mass is 32.1. The first-order valence-corrected chi connectivity index (χ1v) is 10.0. The van der Waals surface area contributed by atoms with Crippen molar-refractivity contribution in [2.45, 2.75) is 40.2 Å². The molecule has 1 aliphatic rings. The summed E-state index contributed by atoms with van der Waals surface area (Å²) >= 11 is 1.52. The molecule has 0 bridgehead atoms. The number of methoxy groups -OCH3 is 1. The fourth-order valence-electron chi connectivity index (χ4n) is 3.54. The average molecular weight is 373 g/mol. The predicted molar refractivity (Wildman–Crippen MR) is 109 cm³/mol. The number of thiophene rings is 1. The number of benzene rings is 1. The van der Waals surface area contributed by atoms with Gasteiger partial charge in [0, 0.05) is 17.0 Å². The monoisotopic (exact) mass is 372 g/mol. The van der Waals surface area contributed by atoms with E-state index in [4.69, 9.17) is 10.5 Å². The number of nitrogens with zero attached hydrogens (tertiary/aromatic N) is 1. The van der Waals surface area contributed by atoms with E-state index in [0.717, 1.165) is 41.6 Å². The molecular weight excluding hydrogens is 344 g/mol. The summed E-state index contributed by atoms with van der Waals surface area (Å²) in [5.41, 5.74) is 11.2.